The van der Waals surface area contributed by atoms with Crippen molar-refractivity contribution in [2.75, 3.05) is 0 Å². The molecule has 0 heterocycles. The zero-order valence-electron chi connectivity index (χ0n) is 4.51. The van der Waals surface area contributed by atoms with Gasteiger partial charge in [-0.2, -0.15) is 0 Å². The van der Waals surface area contributed by atoms with E-state index in [2.05, 4.69) is 0 Å². The van der Waals surface area contributed by atoms with Gasteiger partial charge in [-0.05, 0) is 0 Å². The highest BCUT2D eigenvalue weighted by atomic mass is 16.2. The molecule has 44 valence electrons. The molecule has 8 heavy (non-hydrogen) atoms. The van der Waals surface area contributed by atoms with E-state index in [0.29, 0.717) is 6.26 Å². The topological polar surface area (TPSA) is 61.2 Å². The molecule has 0 amide bonds. The van der Waals surface area contributed by atoms with Crippen LogP contribution in [0.5, 0.6) is 0 Å². The summed E-state index contributed by atoms with van der Waals surface area (Å²) in [6.45, 7) is 1.27. The summed E-state index contributed by atoms with van der Waals surface area (Å²) in [7, 11) is 0. The molecule has 0 aromatic rings. The molecule has 0 bridgehead atoms. The average Bonchev–Trinajstić information content (AvgIpc) is 1.67. The zero-order valence-corrected chi connectivity index (χ0v) is 4.51. The number of aliphatic hydroxyl groups excluding tert-OH is 1. The first-order chi connectivity index (χ1) is 3.68. The van der Waals surface area contributed by atoms with Crippen molar-refractivity contribution in [3.63, 3.8) is 0 Å². The van der Waals surface area contributed by atoms with E-state index in [4.69, 9.17) is 10.5 Å². The number of nitrogens with one attached hydrogen (secondary N) is 1. The third-order valence-corrected chi connectivity index (χ3v) is 0.620. The summed E-state index contributed by atoms with van der Waals surface area (Å²) >= 11 is 0. The van der Waals surface area contributed by atoms with Crippen LogP contribution in [0.4, 0.5) is 0 Å². The molecule has 2 N–H and O–H groups in total. The number of aliphatic hydroxyl groups is 1. The number of carbonyl (C=O) groups is 1. The van der Waals surface area contributed by atoms with Gasteiger partial charge in [-0.25, -0.2) is 0 Å². The van der Waals surface area contributed by atoms with Crippen molar-refractivity contribution in [2.45, 2.75) is 6.92 Å². The van der Waals surface area contributed by atoms with E-state index >= 15 is 0 Å². The van der Waals surface area contributed by atoms with Crippen molar-refractivity contribution in [3.8, 4) is 0 Å². The molecule has 0 saturated heterocycles. The molecule has 0 rings (SSSR count). The normalized spacial score (nSPS) is 9.62. The fourth-order valence-corrected chi connectivity index (χ4v) is 0.192. The molecule has 0 aliphatic rings. The van der Waals surface area contributed by atoms with Crippen molar-refractivity contribution in [2.24, 2.45) is 0 Å². The van der Waals surface area contributed by atoms with E-state index in [1.165, 1.54) is 6.92 Å². The Hall–Kier alpha value is -1.12. The number of Topliss-reactive ketones (excluding diaryl/α,β-unsaturated/α-hetero) is 1. The Labute approximate surface area is 47.2 Å². The Morgan fingerprint density at radius 2 is 2.25 bits per heavy atom. The van der Waals surface area contributed by atoms with Crippen LogP contribution < -0.4 is 0 Å². The second-order valence-corrected chi connectivity index (χ2v) is 1.29. The molecule has 3 nitrogen and oxygen atoms in total. The van der Waals surface area contributed by atoms with E-state index in [1.807, 2.05) is 0 Å². The smallest absolute Gasteiger partial charge is 0.177 e. The van der Waals surface area contributed by atoms with Crippen LogP contribution in [0.3, 0.4) is 0 Å². The van der Waals surface area contributed by atoms with Gasteiger partial charge in [0.25, 0.3) is 0 Å². The molecule has 0 aliphatic heterocycles. The van der Waals surface area contributed by atoms with E-state index in [9.17, 15) is 4.79 Å². The minimum absolute atomic E-state index is 0.187. The number of allylic oxidation sites excluding steroid dienone is 1. The largest absolute Gasteiger partial charge is 0.516 e. The van der Waals surface area contributed by atoms with Gasteiger partial charge >= 0.3 is 0 Å². The highest BCUT2D eigenvalue weighted by Crippen LogP contribution is 1.76. The quantitative estimate of drug-likeness (QED) is 0.408. The summed E-state index contributed by atoms with van der Waals surface area (Å²) in [4.78, 5) is 10.1. The van der Waals surface area contributed by atoms with Crippen LogP contribution in [0, 0.1) is 5.41 Å². The zero-order chi connectivity index (χ0) is 6.57. The highest BCUT2D eigenvalue weighted by Gasteiger charge is 1.94. The van der Waals surface area contributed by atoms with E-state index in [-0.39, 0.29) is 11.5 Å². The second-order valence-electron chi connectivity index (χ2n) is 1.29. The van der Waals surface area contributed by atoms with Gasteiger partial charge < -0.3 is 5.11 Å². The monoisotopic (exact) mass is 113 g/mol. The lowest BCUT2D eigenvalue weighted by atomic mass is 10.3. The maximum atomic E-state index is 10.1. The minimum Gasteiger partial charge on any atom is -0.516 e. The number of rotatable bonds is 2. The van der Waals surface area contributed by atoms with Crippen LogP contribution in [-0.4, -0.2) is 16.6 Å². The van der Waals surface area contributed by atoms with E-state index in [1.54, 1.807) is 0 Å². The molecule has 3 heteroatoms. The fourth-order valence-electron chi connectivity index (χ4n) is 0.192. The van der Waals surface area contributed by atoms with Crippen molar-refractivity contribution in [1.29, 1.82) is 5.41 Å². The molecule has 0 saturated carbocycles. The molecule has 0 atom stereocenters. The predicted octanol–water partition coefficient (Wildman–Crippen LogP) is 0.667. The molecule has 0 spiro atoms. The molecule has 0 aromatic carbocycles. The van der Waals surface area contributed by atoms with Crippen LogP contribution in [0.2, 0.25) is 0 Å². The molecule has 0 fully saturated rings. The number of carbonyl (C=O) groups excluding carboxylic acids is 1. The molecule has 0 aromatic heterocycles. The third kappa shape index (κ3) is 2.12. The Morgan fingerprint density at radius 1 is 1.75 bits per heavy atom. The van der Waals surface area contributed by atoms with Gasteiger partial charge in [0.05, 0.1) is 12.0 Å². The van der Waals surface area contributed by atoms with E-state index < -0.39 is 0 Å². The van der Waals surface area contributed by atoms with Crippen LogP contribution in [0.25, 0.3) is 0 Å². The van der Waals surface area contributed by atoms with Crippen LogP contribution in [-0.2, 0) is 4.79 Å². The van der Waals surface area contributed by atoms with Gasteiger partial charge in [-0.1, -0.05) is 0 Å². The second kappa shape index (κ2) is 2.96. The lowest BCUT2D eigenvalue weighted by molar-refractivity contribution is -0.111. The highest BCUT2D eigenvalue weighted by molar-refractivity contribution is 6.42. The van der Waals surface area contributed by atoms with Crippen molar-refractivity contribution < 1.29 is 9.90 Å². The standard InChI is InChI=1S/C5H7NO2/c1-4(8)5(6)2-3-7/h2-3,6-7H,1H3/b3-2-,6-5?. The molecule has 0 radical (unpaired) electrons. The average molecular weight is 113 g/mol. The van der Waals surface area contributed by atoms with Gasteiger partial charge in [0.1, 0.15) is 0 Å². The summed E-state index contributed by atoms with van der Waals surface area (Å²) in [5, 5.41) is 14.8. The third-order valence-electron chi connectivity index (χ3n) is 0.620. The lowest BCUT2D eigenvalue weighted by Gasteiger charge is -1.83. The van der Waals surface area contributed by atoms with Crippen LogP contribution in [0.15, 0.2) is 12.3 Å². The van der Waals surface area contributed by atoms with Gasteiger partial charge in [-0.3, -0.25) is 10.2 Å². The Kier molecular flexibility index (Phi) is 2.54. The number of ketones is 1. The van der Waals surface area contributed by atoms with Crippen molar-refractivity contribution >= 4 is 11.5 Å². The minimum atomic E-state index is -0.352. The Morgan fingerprint density at radius 3 is 2.38 bits per heavy atom. The summed E-state index contributed by atoms with van der Waals surface area (Å²) < 4.78 is 0. The first-order valence-corrected chi connectivity index (χ1v) is 2.08. The number of hydrogen-bond acceptors (Lipinski definition) is 3. The van der Waals surface area contributed by atoms with Gasteiger partial charge in [0.15, 0.2) is 5.78 Å². The van der Waals surface area contributed by atoms with Gasteiger partial charge in [-0.15, -0.1) is 0 Å². The Balaban J connectivity index is 3.85. The van der Waals surface area contributed by atoms with E-state index in [0.717, 1.165) is 6.08 Å². The summed E-state index contributed by atoms with van der Waals surface area (Å²) in [5.74, 6) is -0.352. The van der Waals surface area contributed by atoms with Crippen molar-refractivity contribution in [3.05, 3.63) is 12.3 Å². The van der Waals surface area contributed by atoms with Gasteiger partial charge in [0.2, 0.25) is 0 Å². The Bertz CT molecular complexity index is 137. The lowest BCUT2D eigenvalue weighted by Crippen LogP contribution is -2.03. The predicted molar refractivity (Wildman–Crippen MR) is 30.2 cm³/mol. The summed E-state index contributed by atoms with van der Waals surface area (Å²) in [6.07, 6.45) is 1.70. The summed E-state index contributed by atoms with van der Waals surface area (Å²) in [6, 6.07) is 0. The molecule has 0 unspecified atom stereocenters. The van der Waals surface area contributed by atoms with Crippen molar-refractivity contribution in [1.82, 2.24) is 0 Å². The molecular weight excluding hydrogens is 106 g/mol. The fraction of sp³-hybridized carbons (Fsp3) is 0.200. The molecule has 0 aliphatic carbocycles. The van der Waals surface area contributed by atoms with Gasteiger partial charge in [0, 0.05) is 13.0 Å². The van der Waals surface area contributed by atoms with Crippen LogP contribution in [0.1, 0.15) is 6.92 Å². The first-order valence-electron chi connectivity index (χ1n) is 2.08. The maximum absolute atomic E-state index is 10.1. The van der Waals surface area contributed by atoms with Crippen LogP contribution >= 0.6 is 0 Å². The SMILES string of the molecule is CC(=O)C(=N)/C=C\O. The number of hydrogen-bond donors (Lipinski definition) is 2. The maximum Gasteiger partial charge on any atom is 0.177 e. The first kappa shape index (κ1) is 6.88. The molecular formula is C5H7NO2. The summed E-state index contributed by atoms with van der Waals surface area (Å²) in [5.41, 5.74) is -0.187.